The Bertz CT molecular complexity index is 383. The Morgan fingerprint density at radius 2 is 1.89 bits per heavy atom. The van der Waals surface area contributed by atoms with E-state index in [1.807, 2.05) is 13.8 Å². The number of carbonyl (C=O) groups is 4. The summed E-state index contributed by atoms with van der Waals surface area (Å²) in [5, 5.41) is 2.54. The van der Waals surface area contributed by atoms with Crippen molar-refractivity contribution in [1.82, 2.24) is 10.2 Å². The highest BCUT2D eigenvalue weighted by atomic mass is 16.2. The maximum Gasteiger partial charge on any atom is 0.253 e. The van der Waals surface area contributed by atoms with Gasteiger partial charge < -0.3 is 10.1 Å². The molecule has 3 amide bonds. The van der Waals surface area contributed by atoms with Crippen LogP contribution in [0.5, 0.6) is 0 Å². The van der Waals surface area contributed by atoms with Crippen LogP contribution in [-0.2, 0) is 19.2 Å². The van der Waals surface area contributed by atoms with Gasteiger partial charge in [0.1, 0.15) is 6.29 Å². The number of nitrogens with one attached hydrogen (secondary N) is 1. The first kappa shape index (κ1) is 14.1. The average molecular weight is 252 g/mol. The highest BCUT2D eigenvalue weighted by Crippen LogP contribution is 2.05. The third-order valence-corrected chi connectivity index (χ3v) is 2.66. The second-order valence-corrected chi connectivity index (χ2v) is 4.38. The molecule has 0 aromatic carbocycles. The third-order valence-electron chi connectivity index (χ3n) is 2.66. The molecule has 1 rings (SSSR count). The van der Waals surface area contributed by atoms with Crippen LogP contribution < -0.4 is 5.32 Å². The highest BCUT2D eigenvalue weighted by molar-refractivity contribution is 6.13. The number of hydrogen-bond donors (Lipinski definition) is 1. The Balaban J connectivity index is 2.40. The van der Waals surface area contributed by atoms with E-state index >= 15 is 0 Å². The van der Waals surface area contributed by atoms with Gasteiger partial charge in [-0.3, -0.25) is 19.3 Å². The quantitative estimate of drug-likeness (QED) is 0.517. The number of amides is 3. The highest BCUT2D eigenvalue weighted by Gasteiger charge is 2.24. The van der Waals surface area contributed by atoms with Crippen molar-refractivity contribution in [1.29, 1.82) is 0 Å². The zero-order valence-corrected chi connectivity index (χ0v) is 10.4. The lowest BCUT2D eigenvalue weighted by molar-refractivity contribution is -0.137. The molecule has 18 heavy (non-hydrogen) atoms. The molecule has 0 saturated carbocycles. The fraction of sp³-hybridized carbons (Fsp3) is 0.500. The van der Waals surface area contributed by atoms with Crippen LogP contribution in [0.15, 0.2) is 12.2 Å². The van der Waals surface area contributed by atoms with E-state index in [1.54, 1.807) is 0 Å². The smallest absolute Gasteiger partial charge is 0.253 e. The van der Waals surface area contributed by atoms with Crippen molar-refractivity contribution >= 4 is 24.0 Å². The van der Waals surface area contributed by atoms with E-state index in [1.165, 1.54) is 12.2 Å². The Kier molecular flexibility index (Phi) is 4.76. The second-order valence-electron chi connectivity index (χ2n) is 4.38. The fourth-order valence-corrected chi connectivity index (χ4v) is 1.48. The van der Waals surface area contributed by atoms with E-state index in [-0.39, 0.29) is 24.8 Å². The Morgan fingerprint density at radius 3 is 2.33 bits per heavy atom. The lowest BCUT2D eigenvalue weighted by Gasteiger charge is -2.17. The van der Waals surface area contributed by atoms with Crippen molar-refractivity contribution in [2.45, 2.75) is 26.3 Å². The summed E-state index contributed by atoms with van der Waals surface area (Å²) in [5.74, 6) is -1.18. The molecule has 0 bridgehead atoms. The summed E-state index contributed by atoms with van der Waals surface area (Å²) in [6.07, 6.45) is 3.01. The van der Waals surface area contributed by atoms with E-state index in [2.05, 4.69) is 5.32 Å². The Morgan fingerprint density at radius 1 is 1.33 bits per heavy atom. The summed E-state index contributed by atoms with van der Waals surface area (Å²) < 4.78 is 0. The van der Waals surface area contributed by atoms with Gasteiger partial charge in [0.2, 0.25) is 5.91 Å². The molecule has 0 aromatic rings. The summed E-state index contributed by atoms with van der Waals surface area (Å²) in [7, 11) is 0. The van der Waals surface area contributed by atoms with Crippen molar-refractivity contribution < 1.29 is 19.2 Å². The van der Waals surface area contributed by atoms with Gasteiger partial charge in [0, 0.05) is 25.1 Å². The number of rotatable bonds is 6. The summed E-state index contributed by atoms with van der Waals surface area (Å²) in [6.45, 7) is 3.66. The van der Waals surface area contributed by atoms with Crippen LogP contribution in [-0.4, -0.2) is 41.5 Å². The molecule has 0 aromatic heterocycles. The molecular formula is C12H16N2O4. The number of carbonyl (C=O) groups excluding carboxylic acids is 4. The van der Waals surface area contributed by atoms with Crippen LogP contribution in [0.1, 0.15) is 20.3 Å². The summed E-state index contributed by atoms with van der Waals surface area (Å²) >= 11 is 0. The van der Waals surface area contributed by atoms with Crippen molar-refractivity contribution in [3.63, 3.8) is 0 Å². The Hall–Kier alpha value is -1.98. The summed E-state index contributed by atoms with van der Waals surface area (Å²) in [6, 6.07) is -0.541. The molecule has 1 unspecified atom stereocenters. The van der Waals surface area contributed by atoms with Gasteiger partial charge in [0.15, 0.2) is 0 Å². The number of hydrogen-bond acceptors (Lipinski definition) is 4. The van der Waals surface area contributed by atoms with Crippen LogP contribution in [0, 0.1) is 5.92 Å². The molecular weight excluding hydrogens is 236 g/mol. The molecule has 98 valence electrons. The van der Waals surface area contributed by atoms with Gasteiger partial charge in [-0.25, -0.2) is 0 Å². The summed E-state index contributed by atoms with van der Waals surface area (Å²) in [4.78, 5) is 45.7. The van der Waals surface area contributed by atoms with Crippen LogP contribution in [0.2, 0.25) is 0 Å². The fourth-order valence-electron chi connectivity index (χ4n) is 1.48. The average Bonchev–Trinajstić information content (AvgIpc) is 2.63. The molecule has 0 aliphatic carbocycles. The maximum atomic E-state index is 11.5. The molecule has 1 heterocycles. The molecule has 0 radical (unpaired) electrons. The predicted octanol–water partition coefficient (Wildman–Crippen LogP) is -0.359. The van der Waals surface area contributed by atoms with Crippen molar-refractivity contribution in [3.05, 3.63) is 12.2 Å². The van der Waals surface area contributed by atoms with Gasteiger partial charge in [-0.05, 0) is 5.92 Å². The Labute approximate surface area is 105 Å². The van der Waals surface area contributed by atoms with Gasteiger partial charge in [-0.15, -0.1) is 0 Å². The molecule has 1 atom stereocenters. The monoisotopic (exact) mass is 252 g/mol. The number of aldehydes is 1. The van der Waals surface area contributed by atoms with E-state index < -0.39 is 17.9 Å². The first-order chi connectivity index (χ1) is 8.45. The maximum absolute atomic E-state index is 11.5. The minimum atomic E-state index is -0.541. The topological polar surface area (TPSA) is 83.6 Å². The van der Waals surface area contributed by atoms with Gasteiger partial charge in [-0.1, -0.05) is 13.8 Å². The van der Waals surface area contributed by atoms with Gasteiger partial charge >= 0.3 is 0 Å². The number of nitrogens with zero attached hydrogens (tertiary/aromatic N) is 1. The summed E-state index contributed by atoms with van der Waals surface area (Å²) in [5.41, 5.74) is 0. The third kappa shape index (κ3) is 3.51. The zero-order chi connectivity index (χ0) is 13.7. The first-order valence-electron chi connectivity index (χ1n) is 5.74. The molecule has 1 aliphatic rings. The van der Waals surface area contributed by atoms with Crippen LogP contribution in [0.4, 0.5) is 0 Å². The van der Waals surface area contributed by atoms with Crippen molar-refractivity contribution in [2.75, 3.05) is 6.54 Å². The normalized spacial score (nSPS) is 16.3. The van der Waals surface area contributed by atoms with Gasteiger partial charge in [-0.2, -0.15) is 0 Å². The largest absolute Gasteiger partial charge is 0.346 e. The standard InChI is InChI=1S/C12H16N2O4/c1-8(2)9(7-15)13-10(16)5-6-14-11(17)3-4-12(14)18/h3-4,7-9H,5-6H2,1-2H3,(H,13,16). The van der Waals surface area contributed by atoms with Crippen molar-refractivity contribution in [2.24, 2.45) is 5.92 Å². The van der Waals surface area contributed by atoms with Gasteiger partial charge in [0.25, 0.3) is 11.8 Å². The molecule has 0 fully saturated rings. The van der Waals surface area contributed by atoms with Crippen LogP contribution in [0.25, 0.3) is 0 Å². The van der Waals surface area contributed by atoms with Crippen molar-refractivity contribution in [3.8, 4) is 0 Å². The molecule has 1 aliphatic heterocycles. The first-order valence-corrected chi connectivity index (χ1v) is 5.74. The number of imide groups is 1. The van der Waals surface area contributed by atoms with E-state index in [0.717, 1.165) is 4.90 Å². The van der Waals surface area contributed by atoms with Gasteiger partial charge in [0.05, 0.1) is 6.04 Å². The molecule has 1 N–H and O–H groups in total. The van der Waals surface area contributed by atoms with E-state index in [9.17, 15) is 19.2 Å². The van der Waals surface area contributed by atoms with Crippen LogP contribution in [0.3, 0.4) is 0 Å². The molecule has 0 spiro atoms. The lowest BCUT2D eigenvalue weighted by Crippen LogP contribution is -2.41. The lowest BCUT2D eigenvalue weighted by atomic mass is 10.1. The van der Waals surface area contributed by atoms with E-state index in [4.69, 9.17) is 0 Å². The van der Waals surface area contributed by atoms with E-state index in [0.29, 0.717) is 6.29 Å². The second kappa shape index (κ2) is 6.09. The minimum Gasteiger partial charge on any atom is -0.346 e. The molecule has 0 saturated heterocycles. The zero-order valence-electron chi connectivity index (χ0n) is 10.4. The minimum absolute atomic E-state index is 0.00293. The van der Waals surface area contributed by atoms with Crippen LogP contribution >= 0.6 is 0 Å². The molecule has 6 nitrogen and oxygen atoms in total. The molecule has 6 heteroatoms. The predicted molar refractivity (Wildman–Crippen MR) is 63.3 cm³/mol. The SMILES string of the molecule is CC(C)C(C=O)NC(=O)CCN1C(=O)C=CC1=O.